The monoisotopic (exact) mass is 363 g/mol. The van der Waals surface area contributed by atoms with Gasteiger partial charge in [-0.1, -0.05) is 25.1 Å². The second kappa shape index (κ2) is 8.94. The van der Waals surface area contributed by atoms with Crippen LogP contribution in [0.3, 0.4) is 0 Å². The molecule has 7 heteroatoms. The van der Waals surface area contributed by atoms with E-state index in [1.807, 2.05) is 6.07 Å². The summed E-state index contributed by atoms with van der Waals surface area (Å²) < 4.78 is 37.4. The number of amides is 1. The van der Waals surface area contributed by atoms with Crippen molar-refractivity contribution in [3.05, 3.63) is 60.2 Å². The van der Waals surface area contributed by atoms with Gasteiger partial charge in [-0.25, -0.2) is 13.6 Å². The third-order valence-corrected chi connectivity index (χ3v) is 3.50. The number of carbonyl (C=O) groups excluding carboxylic acids is 2. The Bertz CT molecular complexity index is 767. The van der Waals surface area contributed by atoms with Crippen molar-refractivity contribution >= 4 is 17.6 Å². The van der Waals surface area contributed by atoms with E-state index in [0.29, 0.717) is 12.2 Å². The summed E-state index contributed by atoms with van der Waals surface area (Å²) in [4.78, 5) is 24.3. The molecule has 0 saturated heterocycles. The number of rotatable bonds is 7. The molecule has 5 nitrogen and oxygen atoms in total. The van der Waals surface area contributed by atoms with Gasteiger partial charge in [0.2, 0.25) is 0 Å². The summed E-state index contributed by atoms with van der Waals surface area (Å²) in [5, 5.41) is 2.19. The molecule has 0 unspecified atom stereocenters. The Kier molecular flexibility index (Phi) is 6.66. The van der Waals surface area contributed by atoms with Crippen LogP contribution in [0.1, 0.15) is 20.3 Å². The first kappa shape index (κ1) is 19.4. The van der Waals surface area contributed by atoms with Gasteiger partial charge in [0.25, 0.3) is 5.91 Å². The van der Waals surface area contributed by atoms with E-state index in [9.17, 15) is 18.4 Å². The molecule has 0 radical (unpaired) electrons. The number of anilines is 1. The molecule has 0 aromatic heterocycles. The van der Waals surface area contributed by atoms with Gasteiger partial charge in [-0.2, -0.15) is 0 Å². The normalized spacial score (nSPS) is 12.8. The zero-order valence-corrected chi connectivity index (χ0v) is 14.4. The Morgan fingerprint density at radius 3 is 2.46 bits per heavy atom. The fourth-order valence-corrected chi connectivity index (χ4v) is 2.09. The molecule has 0 bridgehead atoms. The zero-order valence-electron chi connectivity index (χ0n) is 14.4. The molecule has 0 aliphatic carbocycles. The maximum atomic E-state index is 13.6. The van der Waals surface area contributed by atoms with Gasteiger partial charge in [0, 0.05) is 6.07 Å². The van der Waals surface area contributed by atoms with Crippen molar-refractivity contribution < 1.29 is 27.8 Å². The van der Waals surface area contributed by atoms with E-state index >= 15 is 0 Å². The zero-order chi connectivity index (χ0) is 19.1. The van der Waals surface area contributed by atoms with Crippen molar-refractivity contribution in [2.24, 2.45) is 0 Å². The van der Waals surface area contributed by atoms with Gasteiger partial charge in [-0.05, 0) is 37.6 Å². The number of para-hydroxylation sites is 1. The quantitative estimate of drug-likeness (QED) is 0.762. The lowest BCUT2D eigenvalue weighted by Crippen LogP contribution is -2.36. The summed E-state index contributed by atoms with van der Waals surface area (Å²) in [6.45, 7) is 3.07. The second-order valence-corrected chi connectivity index (χ2v) is 5.52. The van der Waals surface area contributed by atoms with Crippen LogP contribution in [-0.2, 0) is 14.3 Å². The van der Waals surface area contributed by atoms with Gasteiger partial charge in [0.05, 0.1) is 5.69 Å². The highest BCUT2D eigenvalue weighted by molar-refractivity contribution is 5.95. The molecular weight excluding hydrogens is 344 g/mol. The molecule has 1 N–H and O–H groups in total. The van der Waals surface area contributed by atoms with Crippen molar-refractivity contribution in [1.29, 1.82) is 0 Å². The Hall–Kier alpha value is -2.96. The third kappa shape index (κ3) is 5.27. The van der Waals surface area contributed by atoms with Gasteiger partial charge in [0.1, 0.15) is 17.4 Å². The predicted molar refractivity (Wildman–Crippen MR) is 91.7 cm³/mol. The van der Waals surface area contributed by atoms with E-state index in [0.717, 1.165) is 18.2 Å². The number of halogens is 2. The fraction of sp³-hybridized carbons (Fsp3) is 0.263. The van der Waals surface area contributed by atoms with Crippen molar-refractivity contribution in [2.45, 2.75) is 32.5 Å². The molecule has 26 heavy (non-hydrogen) atoms. The van der Waals surface area contributed by atoms with Crippen LogP contribution in [0.4, 0.5) is 14.5 Å². The lowest BCUT2D eigenvalue weighted by Gasteiger charge is -2.19. The third-order valence-electron chi connectivity index (χ3n) is 3.50. The summed E-state index contributed by atoms with van der Waals surface area (Å²) in [5.41, 5.74) is -0.328. The fourth-order valence-electron chi connectivity index (χ4n) is 2.09. The summed E-state index contributed by atoms with van der Waals surface area (Å²) in [5.74, 6) is -2.50. The smallest absolute Gasteiger partial charge is 0.348 e. The molecule has 0 fully saturated rings. The predicted octanol–water partition coefficient (Wildman–Crippen LogP) is 3.69. The molecule has 0 aliphatic heterocycles. The molecule has 2 rings (SSSR count). The van der Waals surface area contributed by atoms with Gasteiger partial charge < -0.3 is 14.8 Å². The van der Waals surface area contributed by atoms with Crippen LogP contribution in [0.5, 0.6) is 5.75 Å². The molecule has 2 aromatic rings. The minimum atomic E-state index is -1.21. The minimum Gasteiger partial charge on any atom is -0.479 e. The van der Waals surface area contributed by atoms with Crippen LogP contribution in [0.25, 0.3) is 0 Å². The highest BCUT2D eigenvalue weighted by Gasteiger charge is 2.26. The molecule has 0 aliphatic rings. The molecule has 0 saturated carbocycles. The van der Waals surface area contributed by atoms with E-state index in [1.54, 1.807) is 31.2 Å². The minimum absolute atomic E-state index is 0.328. The summed E-state index contributed by atoms with van der Waals surface area (Å²) in [6.07, 6.45) is -1.77. The van der Waals surface area contributed by atoms with Gasteiger partial charge in [-0.3, -0.25) is 4.79 Å². The lowest BCUT2D eigenvalue weighted by atomic mass is 10.2. The van der Waals surface area contributed by atoms with E-state index < -0.39 is 35.7 Å². The number of hydrogen-bond donors (Lipinski definition) is 1. The van der Waals surface area contributed by atoms with Gasteiger partial charge in [-0.15, -0.1) is 0 Å². The topological polar surface area (TPSA) is 64.6 Å². The number of esters is 1. The average molecular weight is 363 g/mol. The van der Waals surface area contributed by atoms with E-state index in [-0.39, 0.29) is 5.69 Å². The highest BCUT2D eigenvalue weighted by atomic mass is 19.1. The first-order valence-corrected chi connectivity index (χ1v) is 8.08. The number of benzene rings is 2. The van der Waals surface area contributed by atoms with Crippen LogP contribution >= 0.6 is 0 Å². The molecule has 0 spiro atoms. The summed E-state index contributed by atoms with van der Waals surface area (Å²) in [6, 6.07) is 11.4. The standard InChI is InChI=1S/C19H19F2NO4/c1-3-17(26-14-7-5-4-6-8-14)19(24)25-12(2)18(23)22-16-11-13(20)9-10-15(16)21/h4-12,17H,3H2,1-2H3,(H,22,23)/t12-,17+/m1/s1. The largest absolute Gasteiger partial charge is 0.479 e. The van der Waals surface area contributed by atoms with Crippen LogP contribution in [-0.4, -0.2) is 24.1 Å². The number of ether oxygens (including phenoxy) is 2. The number of hydrogen-bond acceptors (Lipinski definition) is 4. The summed E-state index contributed by atoms with van der Waals surface area (Å²) >= 11 is 0. The maximum Gasteiger partial charge on any atom is 0.348 e. The van der Waals surface area contributed by atoms with Crippen molar-refractivity contribution in [3.8, 4) is 5.75 Å². The Morgan fingerprint density at radius 1 is 1.12 bits per heavy atom. The van der Waals surface area contributed by atoms with Crippen molar-refractivity contribution in [2.75, 3.05) is 5.32 Å². The molecule has 2 aromatic carbocycles. The molecule has 2 atom stereocenters. The van der Waals surface area contributed by atoms with Crippen molar-refractivity contribution in [1.82, 2.24) is 0 Å². The Labute approximate surface area is 149 Å². The molecular formula is C19H19F2NO4. The van der Waals surface area contributed by atoms with E-state index in [4.69, 9.17) is 9.47 Å². The maximum absolute atomic E-state index is 13.6. The van der Waals surface area contributed by atoms with E-state index in [1.165, 1.54) is 6.92 Å². The average Bonchev–Trinajstić information content (AvgIpc) is 2.63. The first-order chi connectivity index (χ1) is 12.4. The van der Waals surface area contributed by atoms with Crippen molar-refractivity contribution in [3.63, 3.8) is 0 Å². The number of nitrogens with one attached hydrogen (secondary N) is 1. The van der Waals surface area contributed by atoms with Crippen LogP contribution in [0.15, 0.2) is 48.5 Å². The van der Waals surface area contributed by atoms with E-state index in [2.05, 4.69) is 5.32 Å². The highest BCUT2D eigenvalue weighted by Crippen LogP contribution is 2.17. The van der Waals surface area contributed by atoms with Crippen LogP contribution < -0.4 is 10.1 Å². The molecule has 0 heterocycles. The van der Waals surface area contributed by atoms with Gasteiger partial charge in [0.15, 0.2) is 12.2 Å². The number of carbonyl (C=O) groups is 2. The second-order valence-electron chi connectivity index (χ2n) is 5.52. The Morgan fingerprint density at radius 2 is 1.81 bits per heavy atom. The SMILES string of the molecule is CC[C@H](Oc1ccccc1)C(=O)O[C@H](C)C(=O)Nc1cc(F)ccc1F. The van der Waals surface area contributed by atoms with Gasteiger partial charge >= 0.3 is 5.97 Å². The van der Waals surface area contributed by atoms with Crippen LogP contribution in [0.2, 0.25) is 0 Å². The lowest BCUT2D eigenvalue weighted by molar-refractivity contribution is -0.160. The van der Waals surface area contributed by atoms with Crippen LogP contribution in [0, 0.1) is 11.6 Å². The Balaban J connectivity index is 1.96. The molecule has 1 amide bonds. The first-order valence-electron chi connectivity index (χ1n) is 8.08. The molecule has 138 valence electrons. The summed E-state index contributed by atoms with van der Waals surface area (Å²) in [7, 11) is 0.